The first kappa shape index (κ1) is 12.6. The highest BCUT2D eigenvalue weighted by atomic mass is 35.5. The molecule has 0 unspecified atom stereocenters. The predicted molar refractivity (Wildman–Crippen MR) is 63.7 cm³/mol. The minimum Gasteiger partial charge on any atom is -0.392 e. The molecule has 1 atom stereocenters. The molecule has 2 heterocycles. The van der Waals surface area contributed by atoms with Crippen LogP contribution in [0, 0.1) is 0 Å². The molecule has 0 radical (unpaired) electrons. The molecule has 1 aliphatic heterocycles. The van der Waals surface area contributed by atoms with Gasteiger partial charge in [0.2, 0.25) is 10.0 Å². The number of aliphatic hydroxyl groups excluding tert-OH is 1. The monoisotopic (exact) mass is 301 g/mol. The van der Waals surface area contributed by atoms with E-state index in [0.29, 0.717) is 17.3 Å². The van der Waals surface area contributed by atoms with Crippen LogP contribution < -0.4 is 0 Å². The van der Waals surface area contributed by atoms with Crippen LogP contribution in [0.1, 0.15) is 6.42 Å². The molecule has 90 valence electrons. The van der Waals surface area contributed by atoms with Crippen molar-refractivity contribution in [2.45, 2.75) is 17.4 Å². The van der Waals surface area contributed by atoms with Crippen molar-refractivity contribution in [2.24, 2.45) is 0 Å². The number of sulfonamides is 1. The molecule has 2 rings (SSSR count). The summed E-state index contributed by atoms with van der Waals surface area (Å²) in [7, 11) is -3.61. The largest absolute Gasteiger partial charge is 0.392 e. The maximum absolute atomic E-state index is 12.1. The number of hydrogen-bond acceptors (Lipinski definition) is 4. The standard InChI is InChI=1S/C8H9Cl2NO3S2/c9-7-3-6(8(10)15-7)16(13,14)11-2-1-5(12)4-11/h3,5,12H,1-2,4H2/t5-/m0/s1. The minimum atomic E-state index is -3.61. The summed E-state index contributed by atoms with van der Waals surface area (Å²) in [6.45, 7) is 0.430. The van der Waals surface area contributed by atoms with Crippen LogP contribution in [0.4, 0.5) is 0 Å². The number of aliphatic hydroxyl groups is 1. The van der Waals surface area contributed by atoms with Crippen molar-refractivity contribution in [2.75, 3.05) is 13.1 Å². The average Bonchev–Trinajstić information content (AvgIpc) is 2.73. The van der Waals surface area contributed by atoms with Crippen molar-refractivity contribution in [1.82, 2.24) is 4.31 Å². The summed E-state index contributed by atoms with van der Waals surface area (Å²) in [6, 6.07) is 1.34. The number of β-amino-alcohol motifs (C(OH)–C–C–N with tert-alkyl or cyclic N) is 1. The van der Waals surface area contributed by atoms with Crippen LogP contribution in [0.3, 0.4) is 0 Å². The molecule has 1 fully saturated rings. The van der Waals surface area contributed by atoms with E-state index in [1.54, 1.807) is 0 Å². The third-order valence-electron chi connectivity index (χ3n) is 2.37. The third kappa shape index (κ3) is 2.23. The van der Waals surface area contributed by atoms with Gasteiger partial charge in [0.15, 0.2) is 0 Å². The Labute approximate surface area is 107 Å². The Kier molecular flexibility index (Phi) is 3.49. The lowest BCUT2D eigenvalue weighted by atomic mass is 10.3. The van der Waals surface area contributed by atoms with Crippen molar-refractivity contribution in [3.05, 3.63) is 14.7 Å². The number of halogens is 2. The van der Waals surface area contributed by atoms with Crippen LogP contribution in [-0.4, -0.2) is 37.0 Å². The lowest BCUT2D eigenvalue weighted by Crippen LogP contribution is -2.29. The Bertz CT molecular complexity index is 499. The second kappa shape index (κ2) is 4.44. The van der Waals surface area contributed by atoms with E-state index >= 15 is 0 Å². The Balaban J connectivity index is 2.36. The van der Waals surface area contributed by atoms with Gasteiger partial charge < -0.3 is 5.11 Å². The van der Waals surface area contributed by atoms with Gasteiger partial charge in [-0.2, -0.15) is 4.31 Å². The van der Waals surface area contributed by atoms with Gasteiger partial charge in [-0.05, 0) is 12.5 Å². The molecule has 8 heteroatoms. The molecule has 4 nitrogen and oxygen atoms in total. The van der Waals surface area contributed by atoms with Gasteiger partial charge in [-0.1, -0.05) is 23.2 Å². The molecule has 1 aromatic heterocycles. The topological polar surface area (TPSA) is 57.6 Å². The summed E-state index contributed by atoms with van der Waals surface area (Å²) >= 11 is 12.5. The van der Waals surface area contributed by atoms with Crippen LogP contribution >= 0.6 is 34.5 Å². The molecule has 0 spiro atoms. The van der Waals surface area contributed by atoms with E-state index in [2.05, 4.69) is 0 Å². The highest BCUT2D eigenvalue weighted by Crippen LogP contribution is 2.36. The summed E-state index contributed by atoms with van der Waals surface area (Å²) < 4.78 is 25.9. The SMILES string of the molecule is O=S(=O)(c1cc(Cl)sc1Cl)N1CC[C@H](O)C1. The summed E-state index contributed by atoms with van der Waals surface area (Å²) in [6.07, 6.45) is -0.142. The molecule has 0 aliphatic carbocycles. The van der Waals surface area contributed by atoms with Gasteiger partial charge in [-0.15, -0.1) is 11.3 Å². The molecule has 1 saturated heterocycles. The summed E-state index contributed by atoms with van der Waals surface area (Å²) in [5.41, 5.74) is 0. The lowest BCUT2D eigenvalue weighted by Gasteiger charge is -2.14. The first-order valence-electron chi connectivity index (χ1n) is 4.54. The Hall–Kier alpha value is 0.150. The van der Waals surface area contributed by atoms with Crippen LogP contribution in [0.2, 0.25) is 8.67 Å². The smallest absolute Gasteiger partial charge is 0.245 e. The van der Waals surface area contributed by atoms with Crippen molar-refractivity contribution in [1.29, 1.82) is 0 Å². The summed E-state index contributed by atoms with van der Waals surface area (Å²) in [5, 5.41) is 9.32. The van der Waals surface area contributed by atoms with E-state index in [0.717, 1.165) is 11.3 Å². The lowest BCUT2D eigenvalue weighted by molar-refractivity contribution is 0.189. The van der Waals surface area contributed by atoms with E-state index in [1.165, 1.54) is 10.4 Å². The molecular weight excluding hydrogens is 293 g/mol. The third-order valence-corrected chi connectivity index (χ3v) is 5.99. The average molecular weight is 302 g/mol. The van der Waals surface area contributed by atoms with E-state index in [4.69, 9.17) is 23.2 Å². The molecule has 1 aliphatic rings. The van der Waals surface area contributed by atoms with Gasteiger partial charge in [0.05, 0.1) is 10.4 Å². The van der Waals surface area contributed by atoms with E-state index in [9.17, 15) is 13.5 Å². The van der Waals surface area contributed by atoms with E-state index in [1.807, 2.05) is 0 Å². The van der Waals surface area contributed by atoms with Gasteiger partial charge >= 0.3 is 0 Å². The van der Waals surface area contributed by atoms with Gasteiger partial charge in [-0.3, -0.25) is 0 Å². The van der Waals surface area contributed by atoms with Crippen molar-refractivity contribution in [3.63, 3.8) is 0 Å². The highest BCUT2D eigenvalue weighted by molar-refractivity contribution is 7.89. The Morgan fingerprint density at radius 2 is 2.19 bits per heavy atom. The molecule has 1 N–H and O–H groups in total. The Morgan fingerprint density at radius 3 is 2.62 bits per heavy atom. The van der Waals surface area contributed by atoms with Crippen LogP contribution in [0.25, 0.3) is 0 Å². The zero-order chi connectivity index (χ0) is 11.9. The van der Waals surface area contributed by atoms with Crippen molar-refractivity contribution >= 4 is 44.6 Å². The van der Waals surface area contributed by atoms with Crippen molar-refractivity contribution in [3.8, 4) is 0 Å². The second-order valence-corrected chi connectivity index (χ2v) is 7.69. The van der Waals surface area contributed by atoms with E-state index < -0.39 is 16.1 Å². The number of thiophene rings is 1. The summed E-state index contributed by atoms with van der Waals surface area (Å²) in [4.78, 5) is 0.0262. The summed E-state index contributed by atoms with van der Waals surface area (Å²) in [5.74, 6) is 0. The van der Waals surface area contributed by atoms with Crippen molar-refractivity contribution < 1.29 is 13.5 Å². The zero-order valence-electron chi connectivity index (χ0n) is 8.06. The Morgan fingerprint density at radius 1 is 1.50 bits per heavy atom. The minimum absolute atomic E-state index is 0.0262. The van der Waals surface area contributed by atoms with Crippen LogP contribution in [0.15, 0.2) is 11.0 Å². The zero-order valence-corrected chi connectivity index (χ0v) is 11.2. The number of rotatable bonds is 2. The van der Waals surface area contributed by atoms with Gasteiger partial charge in [0.1, 0.15) is 9.23 Å². The predicted octanol–water partition coefficient (Wildman–Crippen LogP) is 1.81. The fourth-order valence-electron chi connectivity index (χ4n) is 1.57. The molecule has 0 amide bonds. The molecule has 0 bridgehead atoms. The molecule has 16 heavy (non-hydrogen) atoms. The quantitative estimate of drug-likeness (QED) is 0.906. The number of hydrogen-bond donors (Lipinski definition) is 1. The highest BCUT2D eigenvalue weighted by Gasteiger charge is 2.33. The van der Waals surface area contributed by atoms with Crippen LogP contribution in [-0.2, 0) is 10.0 Å². The fraction of sp³-hybridized carbons (Fsp3) is 0.500. The normalized spacial score (nSPS) is 22.8. The first-order valence-corrected chi connectivity index (χ1v) is 7.55. The maximum atomic E-state index is 12.1. The van der Waals surface area contributed by atoms with Crippen LogP contribution in [0.5, 0.6) is 0 Å². The number of nitrogens with zero attached hydrogens (tertiary/aromatic N) is 1. The molecular formula is C8H9Cl2NO3S2. The maximum Gasteiger partial charge on any atom is 0.245 e. The fourth-order valence-corrected chi connectivity index (χ4v) is 5.17. The molecule has 1 aromatic rings. The van der Waals surface area contributed by atoms with Gasteiger partial charge in [0, 0.05) is 13.1 Å². The first-order chi connectivity index (χ1) is 7.41. The van der Waals surface area contributed by atoms with Gasteiger partial charge in [-0.25, -0.2) is 8.42 Å². The van der Waals surface area contributed by atoms with E-state index in [-0.39, 0.29) is 15.8 Å². The molecule has 0 saturated carbocycles. The molecule has 0 aromatic carbocycles. The van der Waals surface area contributed by atoms with Gasteiger partial charge in [0.25, 0.3) is 0 Å². The second-order valence-electron chi connectivity index (χ2n) is 3.49.